The molecule has 0 aromatic carbocycles. The lowest BCUT2D eigenvalue weighted by atomic mass is 10.2. The highest BCUT2D eigenvalue weighted by molar-refractivity contribution is 6.33. The molecule has 2 heterocycles. The monoisotopic (exact) mass is 238 g/mol. The Hall–Kier alpha value is -1.55. The quantitative estimate of drug-likeness (QED) is 0.894. The summed E-state index contributed by atoms with van der Waals surface area (Å²) in [6.45, 7) is 1.98. The molecule has 0 aliphatic heterocycles. The molecule has 84 valence electrons. The highest BCUT2D eigenvalue weighted by atomic mass is 35.5. The molecule has 2 rings (SSSR count). The van der Waals surface area contributed by atoms with Crippen LogP contribution in [0, 0.1) is 0 Å². The van der Waals surface area contributed by atoms with Gasteiger partial charge in [0.15, 0.2) is 11.3 Å². The first-order valence-electron chi connectivity index (χ1n) is 5.04. The molecule has 16 heavy (non-hydrogen) atoms. The zero-order valence-corrected chi connectivity index (χ0v) is 9.53. The number of pyridine rings is 1. The van der Waals surface area contributed by atoms with E-state index in [0.29, 0.717) is 22.8 Å². The van der Waals surface area contributed by atoms with Gasteiger partial charge < -0.3 is 5.11 Å². The highest BCUT2D eigenvalue weighted by Gasteiger charge is 2.18. The van der Waals surface area contributed by atoms with Gasteiger partial charge in [-0.15, -0.1) is 0 Å². The maximum absolute atomic E-state index is 11.2. The number of carbonyl (C=O) groups is 1. The van der Waals surface area contributed by atoms with Gasteiger partial charge in [0, 0.05) is 6.20 Å². The van der Waals surface area contributed by atoms with E-state index in [9.17, 15) is 4.79 Å². The summed E-state index contributed by atoms with van der Waals surface area (Å²) >= 11 is 5.97. The first-order valence-corrected chi connectivity index (χ1v) is 5.41. The van der Waals surface area contributed by atoms with Crippen molar-refractivity contribution < 1.29 is 9.90 Å². The average Bonchev–Trinajstić information content (AvgIpc) is 2.58. The Balaban J connectivity index is 2.75. The van der Waals surface area contributed by atoms with E-state index in [1.54, 1.807) is 18.3 Å². The molecule has 0 spiro atoms. The number of carboxylic acid groups (broad SMARTS) is 1. The molecule has 0 fully saturated rings. The number of aromatic nitrogens is 2. The van der Waals surface area contributed by atoms with E-state index < -0.39 is 5.97 Å². The summed E-state index contributed by atoms with van der Waals surface area (Å²) in [6.07, 6.45) is 3.15. The smallest absolute Gasteiger partial charge is 0.354 e. The third-order valence-electron chi connectivity index (χ3n) is 2.36. The number of aryl methyl sites for hydroxylation is 1. The molecule has 2 aromatic heterocycles. The molecular weight excluding hydrogens is 228 g/mol. The predicted octanol–water partition coefficient (Wildman–Crippen LogP) is 2.64. The Bertz CT molecular complexity index is 548. The lowest BCUT2D eigenvalue weighted by Gasteiger charge is -1.98. The van der Waals surface area contributed by atoms with Crippen molar-refractivity contribution in [2.45, 2.75) is 19.8 Å². The average molecular weight is 239 g/mol. The van der Waals surface area contributed by atoms with E-state index in [0.717, 1.165) is 6.42 Å². The van der Waals surface area contributed by atoms with Crippen molar-refractivity contribution in [3.63, 3.8) is 0 Å². The number of carboxylic acids is 1. The molecule has 5 heteroatoms. The van der Waals surface area contributed by atoms with E-state index >= 15 is 0 Å². The number of fused-ring (bicyclic) bond motifs is 1. The largest absolute Gasteiger partial charge is 0.477 e. The third-order valence-corrected chi connectivity index (χ3v) is 2.66. The van der Waals surface area contributed by atoms with Crippen LogP contribution in [0.25, 0.3) is 5.65 Å². The standard InChI is InChI=1S/C11H11ClN2O2/c1-2-4-8-9(11(15)16)14-6-3-5-7(12)10(14)13-8/h3,5-6H,2,4H2,1H3,(H,15,16). The number of aromatic carboxylic acids is 1. The summed E-state index contributed by atoms with van der Waals surface area (Å²) in [7, 11) is 0. The maximum Gasteiger partial charge on any atom is 0.354 e. The van der Waals surface area contributed by atoms with Crippen LogP contribution < -0.4 is 0 Å². The number of imidazole rings is 1. The molecule has 0 aliphatic carbocycles. The Morgan fingerprint density at radius 1 is 1.62 bits per heavy atom. The highest BCUT2D eigenvalue weighted by Crippen LogP contribution is 2.20. The molecule has 0 bridgehead atoms. The van der Waals surface area contributed by atoms with Crippen LogP contribution in [0.4, 0.5) is 0 Å². The summed E-state index contributed by atoms with van der Waals surface area (Å²) < 4.78 is 1.52. The van der Waals surface area contributed by atoms with Gasteiger partial charge in [-0.1, -0.05) is 24.9 Å². The minimum absolute atomic E-state index is 0.208. The van der Waals surface area contributed by atoms with E-state index in [-0.39, 0.29) is 5.69 Å². The number of rotatable bonds is 3. The van der Waals surface area contributed by atoms with Crippen molar-refractivity contribution in [3.05, 3.63) is 34.7 Å². The molecule has 1 N–H and O–H groups in total. The summed E-state index contributed by atoms with van der Waals surface area (Å²) in [5.41, 5.74) is 1.30. The van der Waals surface area contributed by atoms with E-state index in [1.165, 1.54) is 4.40 Å². The Morgan fingerprint density at radius 3 is 3.00 bits per heavy atom. The maximum atomic E-state index is 11.2. The molecule has 0 amide bonds. The lowest BCUT2D eigenvalue weighted by molar-refractivity contribution is 0.0688. The fourth-order valence-corrected chi connectivity index (χ4v) is 1.92. The topological polar surface area (TPSA) is 54.6 Å². The van der Waals surface area contributed by atoms with Crippen LogP contribution in [0.1, 0.15) is 29.5 Å². The summed E-state index contributed by atoms with van der Waals surface area (Å²) in [6, 6.07) is 3.41. The van der Waals surface area contributed by atoms with Crippen LogP contribution in [0.2, 0.25) is 5.02 Å². The van der Waals surface area contributed by atoms with Crippen LogP contribution in [-0.4, -0.2) is 20.5 Å². The SMILES string of the molecule is CCCc1nc2c(Cl)cccn2c1C(=O)O. The molecule has 0 saturated heterocycles. The van der Waals surface area contributed by atoms with E-state index in [4.69, 9.17) is 16.7 Å². The van der Waals surface area contributed by atoms with Crippen molar-refractivity contribution >= 4 is 23.2 Å². The van der Waals surface area contributed by atoms with Gasteiger partial charge in [0.2, 0.25) is 0 Å². The van der Waals surface area contributed by atoms with Crippen molar-refractivity contribution in [2.24, 2.45) is 0 Å². The van der Waals surface area contributed by atoms with Crippen molar-refractivity contribution in [2.75, 3.05) is 0 Å². The zero-order valence-electron chi connectivity index (χ0n) is 8.77. The first kappa shape index (κ1) is 11.0. The zero-order chi connectivity index (χ0) is 11.7. The van der Waals surface area contributed by atoms with E-state index in [1.807, 2.05) is 6.92 Å². The van der Waals surface area contributed by atoms with Gasteiger partial charge in [0.05, 0.1) is 10.7 Å². The fraction of sp³-hybridized carbons (Fsp3) is 0.273. The summed E-state index contributed by atoms with van der Waals surface area (Å²) in [4.78, 5) is 15.5. The Kier molecular flexibility index (Phi) is 2.83. The fourth-order valence-electron chi connectivity index (χ4n) is 1.72. The minimum Gasteiger partial charge on any atom is -0.477 e. The first-order chi connectivity index (χ1) is 7.65. The van der Waals surface area contributed by atoms with Crippen LogP contribution in [0.3, 0.4) is 0 Å². The van der Waals surface area contributed by atoms with E-state index in [2.05, 4.69) is 4.98 Å². The molecule has 0 radical (unpaired) electrons. The summed E-state index contributed by atoms with van der Waals surface area (Å²) in [5, 5.41) is 9.63. The van der Waals surface area contributed by atoms with Gasteiger partial charge in [-0.05, 0) is 18.6 Å². The predicted molar refractivity (Wildman–Crippen MR) is 61.2 cm³/mol. The Morgan fingerprint density at radius 2 is 2.38 bits per heavy atom. The van der Waals surface area contributed by atoms with Gasteiger partial charge in [-0.25, -0.2) is 9.78 Å². The normalized spacial score (nSPS) is 10.9. The molecule has 0 atom stereocenters. The summed E-state index contributed by atoms with van der Waals surface area (Å²) in [5.74, 6) is -0.974. The molecule has 0 unspecified atom stereocenters. The van der Waals surface area contributed by atoms with Crippen LogP contribution in [0.15, 0.2) is 18.3 Å². The third kappa shape index (κ3) is 1.65. The van der Waals surface area contributed by atoms with Crippen molar-refractivity contribution in [1.29, 1.82) is 0 Å². The number of halogens is 1. The minimum atomic E-state index is -0.974. The number of hydrogen-bond donors (Lipinski definition) is 1. The molecule has 2 aromatic rings. The van der Waals surface area contributed by atoms with Crippen molar-refractivity contribution in [3.8, 4) is 0 Å². The second-order valence-electron chi connectivity index (χ2n) is 3.51. The molecular formula is C11H11ClN2O2. The van der Waals surface area contributed by atoms with Gasteiger partial charge in [0.25, 0.3) is 0 Å². The second-order valence-corrected chi connectivity index (χ2v) is 3.92. The second kappa shape index (κ2) is 4.14. The van der Waals surface area contributed by atoms with Gasteiger partial charge >= 0.3 is 5.97 Å². The Labute approximate surface area is 97.5 Å². The molecule has 4 nitrogen and oxygen atoms in total. The van der Waals surface area contributed by atoms with Crippen LogP contribution in [0.5, 0.6) is 0 Å². The molecule has 0 aliphatic rings. The number of nitrogens with zero attached hydrogens (tertiary/aromatic N) is 2. The van der Waals surface area contributed by atoms with Crippen LogP contribution >= 0.6 is 11.6 Å². The lowest BCUT2D eigenvalue weighted by Crippen LogP contribution is -2.05. The van der Waals surface area contributed by atoms with Gasteiger partial charge in [-0.2, -0.15) is 0 Å². The van der Waals surface area contributed by atoms with Crippen molar-refractivity contribution in [1.82, 2.24) is 9.38 Å². The molecule has 0 saturated carbocycles. The number of hydrogen-bond acceptors (Lipinski definition) is 2. The van der Waals surface area contributed by atoms with Crippen LogP contribution in [-0.2, 0) is 6.42 Å². The van der Waals surface area contributed by atoms with Gasteiger partial charge in [0.1, 0.15) is 0 Å². The van der Waals surface area contributed by atoms with Gasteiger partial charge in [-0.3, -0.25) is 4.40 Å².